The Kier molecular flexibility index (Phi) is 6.86. The summed E-state index contributed by atoms with van der Waals surface area (Å²) in [5.74, 6) is 0.0137. The minimum Gasteiger partial charge on any atom is -0.497 e. The molecule has 0 saturated carbocycles. The van der Waals surface area contributed by atoms with Crippen molar-refractivity contribution in [3.8, 4) is 16.9 Å². The van der Waals surface area contributed by atoms with E-state index < -0.39 is 5.97 Å². The van der Waals surface area contributed by atoms with Crippen molar-refractivity contribution in [3.05, 3.63) is 82.1 Å². The summed E-state index contributed by atoms with van der Waals surface area (Å²) in [6, 6.07) is 18.6. The molecule has 29 heavy (non-hydrogen) atoms. The molecule has 0 amide bonds. The molecule has 0 unspecified atom stereocenters. The van der Waals surface area contributed by atoms with Crippen molar-refractivity contribution in [2.45, 2.75) is 6.92 Å². The molecular weight excluding hydrogens is 382 g/mol. The summed E-state index contributed by atoms with van der Waals surface area (Å²) in [5.41, 5.74) is 5.69. The number of benzene rings is 2. The van der Waals surface area contributed by atoms with Gasteiger partial charge in [-0.2, -0.15) is 0 Å². The highest BCUT2D eigenvalue weighted by molar-refractivity contribution is 7.11. The van der Waals surface area contributed by atoms with Crippen LogP contribution < -0.4 is 4.74 Å². The van der Waals surface area contributed by atoms with Crippen molar-refractivity contribution in [2.24, 2.45) is 0 Å². The van der Waals surface area contributed by atoms with Gasteiger partial charge in [0.15, 0.2) is 0 Å². The van der Waals surface area contributed by atoms with E-state index in [9.17, 15) is 4.79 Å². The summed E-state index contributed by atoms with van der Waals surface area (Å²) in [6.07, 6.45) is 2.11. The zero-order chi connectivity index (χ0) is 20.8. The van der Waals surface area contributed by atoms with Gasteiger partial charge in [0.2, 0.25) is 0 Å². The molecule has 0 atom stereocenters. The topological polar surface area (TPSA) is 49.8 Å². The lowest BCUT2D eigenvalue weighted by Gasteiger charge is -2.13. The van der Waals surface area contributed by atoms with Crippen molar-refractivity contribution in [3.63, 3.8) is 0 Å². The van der Waals surface area contributed by atoms with Crippen LogP contribution in [-0.4, -0.2) is 43.2 Å². The van der Waals surface area contributed by atoms with E-state index >= 15 is 0 Å². The molecule has 0 aliphatic rings. The number of methoxy groups -OCH3 is 1. The lowest BCUT2D eigenvalue weighted by Crippen LogP contribution is -2.25. The molecular formula is C24H25NO3S. The average molecular weight is 408 g/mol. The van der Waals surface area contributed by atoms with E-state index in [2.05, 4.69) is 54.8 Å². The maximum Gasteiger partial charge on any atom is 0.317 e. The highest BCUT2D eigenvalue weighted by Crippen LogP contribution is 2.31. The first-order valence-corrected chi connectivity index (χ1v) is 10.2. The van der Waals surface area contributed by atoms with Gasteiger partial charge in [-0.15, -0.1) is 11.3 Å². The number of carbonyl (C=O) groups is 1. The number of aryl methyl sites for hydroxylation is 1. The molecule has 1 N–H and O–H groups in total. The fraction of sp³-hybridized carbons (Fsp3) is 0.208. The second-order valence-electron chi connectivity index (χ2n) is 7.01. The van der Waals surface area contributed by atoms with Crippen molar-refractivity contribution < 1.29 is 14.6 Å². The number of hydrogen-bond donors (Lipinski definition) is 1. The van der Waals surface area contributed by atoms with Gasteiger partial charge >= 0.3 is 5.97 Å². The van der Waals surface area contributed by atoms with Gasteiger partial charge in [0.25, 0.3) is 0 Å². The molecule has 1 aromatic heterocycles. The van der Waals surface area contributed by atoms with Crippen LogP contribution in [0.4, 0.5) is 0 Å². The summed E-state index contributed by atoms with van der Waals surface area (Å²) in [7, 11) is 3.48. The van der Waals surface area contributed by atoms with Crippen LogP contribution in [0.3, 0.4) is 0 Å². The van der Waals surface area contributed by atoms with Crippen LogP contribution in [0.25, 0.3) is 16.7 Å². The van der Waals surface area contributed by atoms with E-state index in [1.807, 2.05) is 25.2 Å². The average Bonchev–Trinajstić information content (AvgIpc) is 3.14. The van der Waals surface area contributed by atoms with Gasteiger partial charge in [0.1, 0.15) is 5.75 Å². The van der Waals surface area contributed by atoms with Gasteiger partial charge in [-0.05, 0) is 65.4 Å². The second-order valence-corrected chi connectivity index (χ2v) is 7.92. The van der Waals surface area contributed by atoms with E-state index in [4.69, 9.17) is 9.84 Å². The van der Waals surface area contributed by atoms with Crippen molar-refractivity contribution in [2.75, 3.05) is 27.2 Å². The molecule has 0 aliphatic heterocycles. The van der Waals surface area contributed by atoms with Gasteiger partial charge in [-0.1, -0.05) is 42.5 Å². The molecule has 3 aromatic rings. The van der Waals surface area contributed by atoms with Crippen molar-refractivity contribution in [1.82, 2.24) is 4.90 Å². The Morgan fingerprint density at radius 3 is 2.52 bits per heavy atom. The van der Waals surface area contributed by atoms with Crippen LogP contribution >= 0.6 is 11.3 Å². The molecule has 4 nitrogen and oxygen atoms in total. The lowest BCUT2D eigenvalue weighted by molar-refractivity contribution is -0.137. The Bertz CT molecular complexity index is 1000. The van der Waals surface area contributed by atoms with E-state index in [1.54, 1.807) is 23.3 Å². The standard InChI is InChI=1S/C24H25NO3S/c1-17-13-23(29-16-17)22(11-12-25(2)15-24(26)27)19-9-7-18(8-10-19)20-5-4-6-21(14-20)28-3/h4-11,13-14,16H,12,15H2,1-3H3,(H,26,27). The highest BCUT2D eigenvalue weighted by atomic mass is 32.1. The molecule has 0 saturated heterocycles. The quantitative estimate of drug-likeness (QED) is 0.559. The minimum absolute atomic E-state index is 0.0159. The van der Waals surface area contributed by atoms with Crippen LogP contribution in [0.1, 0.15) is 16.0 Å². The summed E-state index contributed by atoms with van der Waals surface area (Å²) < 4.78 is 5.33. The second kappa shape index (κ2) is 9.54. The van der Waals surface area contributed by atoms with Crippen LogP contribution in [0.15, 0.2) is 66.1 Å². The summed E-state index contributed by atoms with van der Waals surface area (Å²) in [6.45, 7) is 2.66. The monoisotopic (exact) mass is 407 g/mol. The predicted molar refractivity (Wildman–Crippen MR) is 120 cm³/mol. The number of carboxylic acid groups (broad SMARTS) is 1. The number of nitrogens with zero attached hydrogens (tertiary/aromatic N) is 1. The third-order valence-electron chi connectivity index (χ3n) is 4.61. The normalized spacial score (nSPS) is 11.7. The smallest absolute Gasteiger partial charge is 0.317 e. The maximum absolute atomic E-state index is 10.9. The van der Waals surface area contributed by atoms with Gasteiger partial charge < -0.3 is 9.84 Å². The first-order chi connectivity index (χ1) is 14.0. The molecule has 0 bridgehead atoms. The fourth-order valence-electron chi connectivity index (χ4n) is 3.12. The third-order valence-corrected chi connectivity index (χ3v) is 5.69. The summed E-state index contributed by atoms with van der Waals surface area (Å²) >= 11 is 1.70. The van der Waals surface area contributed by atoms with E-state index in [-0.39, 0.29) is 6.54 Å². The Hall–Kier alpha value is -2.89. The minimum atomic E-state index is -0.822. The van der Waals surface area contributed by atoms with Gasteiger partial charge in [0.05, 0.1) is 13.7 Å². The highest BCUT2D eigenvalue weighted by Gasteiger charge is 2.10. The van der Waals surface area contributed by atoms with Gasteiger partial charge in [-0.3, -0.25) is 9.69 Å². The first kappa shape index (κ1) is 20.8. The zero-order valence-electron chi connectivity index (χ0n) is 16.9. The molecule has 1 heterocycles. The Morgan fingerprint density at radius 2 is 1.90 bits per heavy atom. The van der Waals surface area contributed by atoms with E-state index in [1.165, 1.54) is 10.4 Å². The molecule has 0 fully saturated rings. The predicted octanol–water partition coefficient (Wildman–Crippen LogP) is 5.18. The number of rotatable bonds is 8. The molecule has 3 rings (SSSR count). The molecule has 0 spiro atoms. The molecule has 5 heteroatoms. The molecule has 0 radical (unpaired) electrons. The number of likely N-dealkylation sites (N-methyl/N-ethyl adjacent to an activating group) is 1. The number of hydrogen-bond acceptors (Lipinski definition) is 4. The number of ether oxygens (including phenoxy) is 1. The maximum atomic E-state index is 10.9. The van der Waals surface area contributed by atoms with Gasteiger partial charge in [-0.25, -0.2) is 0 Å². The molecule has 150 valence electrons. The Balaban J connectivity index is 1.90. The van der Waals surface area contributed by atoms with E-state index in [0.29, 0.717) is 6.54 Å². The number of carboxylic acids is 1. The first-order valence-electron chi connectivity index (χ1n) is 9.37. The SMILES string of the molecule is COc1cccc(-c2ccc(C(=CCN(C)CC(=O)O)c3cc(C)cs3)cc2)c1. The third kappa shape index (κ3) is 5.56. The van der Waals surface area contributed by atoms with Crippen LogP contribution in [-0.2, 0) is 4.79 Å². The van der Waals surface area contributed by atoms with Crippen LogP contribution in [0, 0.1) is 6.92 Å². The Labute approximate surface area is 175 Å². The van der Waals surface area contributed by atoms with Crippen molar-refractivity contribution >= 4 is 22.9 Å². The largest absolute Gasteiger partial charge is 0.497 e. The molecule has 0 aliphatic carbocycles. The zero-order valence-corrected chi connectivity index (χ0v) is 17.7. The Morgan fingerprint density at radius 1 is 1.14 bits per heavy atom. The van der Waals surface area contributed by atoms with Crippen molar-refractivity contribution in [1.29, 1.82) is 0 Å². The summed E-state index contributed by atoms with van der Waals surface area (Å²) in [5, 5.41) is 11.1. The number of thiophene rings is 1. The fourth-order valence-corrected chi connectivity index (χ4v) is 4.08. The summed E-state index contributed by atoms with van der Waals surface area (Å²) in [4.78, 5) is 13.9. The van der Waals surface area contributed by atoms with Crippen LogP contribution in [0.2, 0.25) is 0 Å². The number of aliphatic carboxylic acids is 1. The lowest BCUT2D eigenvalue weighted by atomic mass is 9.99. The molecule has 2 aromatic carbocycles. The van der Waals surface area contributed by atoms with Crippen LogP contribution in [0.5, 0.6) is 5.75 Å². The van der Waals surface area contributed by atoms with Gasteiger partial charge in [0, 0.05) is 11.4 Å². The van der Waals surface area contributed by atoms with E-state index in [0.717, 1.165) is 28.0 Å².